The fraction of sp³-hybridized carbons (Fsp3) is 0.600. The van der Waals surface area contributed by atoms with E-state index >= 15 is 0 Å². The number of guanidine groups is 1. The van der Waals surface area contributed by atoms with E-state index in [1.165, 1.54) is 0 Å². The van der Waals surface area contributed by atoms with Gasteiger partial charge in [0.1, 0.15) is 6.54 Å². The van der Waals surface area contributed by atoms with Crippen LogP contribution in [0.2, 0.25) is 0 Å². The van der Waals surface area contributed by atoms with Gasteiger partial charge >= 0.3 is 72.5 Å². The average molecular weight is 345 g/mol. The van der Waals surface area contributed by atoms with Gasteiger partial charge in [-0.1, -0.05) is 0 Å². The molecule has 0 fully saturated rings. The minimum absolute atomic E-state index is 0. The van der Waals surface area contributed by atoms with Crippen LogP contribution in [0.1, 0.15) is 0 Å². The first-order chi connectivity index (χ1) is 7.94. The standard InChI is InChI=1S/C5H13N3O8P2.K.H/c6-5(7)8-1-3(9)16-18(14,15)4(10)2-17(11,12)13;;/h4,10H,1-2H2,(H,14,15)(H4,6,7,8)(H2,11,12,13);;. The Morgan fingerprint density at radius 2 is 1.84 bits per heavy atom. The van der Waals surface area contributed by atoms with Gasteiger partial charge in [0.25, 0.3) is 0 Å². The van der Waals surface area contributed by atoms with Crippen LogP contribution in [-0.2, 0) is 18.4 Å². The van der Waals surface area contributed by atoms with Crippen LogP contribution in [0.4, 0.5) is 0 Å². The molecule has 0 amide bonds. The Morgan fingerprint density at radius 3 is 2.21 bits per heavy atom. The Labute approximate surface area is 150 Å². The van der Waals surface area contributed by atoms with E-state index in [0.717, 1.165) is 0 Å². The predicted octanol–water partition coefficient (Wildman–Crippen LogP) is -2.95. The summed E-state index contributed by atoms with van der Waals surface area (Å²) in [6.07, 6.45) is -1.33. The summed E-state index contributed by atoms with van der Waals surface area (Å²) in [6, 6.07) is 0. The van der Waals surface area contributed by atoms with Crippen LogP contribution in [0.25, 0.3) is 0 Å². The van der Waals surface area contributed by atoms with Crippen LogP contribution >= 0.6 is 15.2 Å². The Bertz CT molecular complexity index is 425. The summed E-state index contributed by atoms with van der Waals surface area (Å²) in [7, 11) is -9.67. The van der Waals surface area contributed by atoms with Crippen LogP contribution in [0.5, 0.6) is 0 Å². The Kier molecular flexibility index (Phi) is 10.2. The quantitative estimate of drug-likeness (QED) is 0.113. The third-order valence-electron chi connectivity index (χ3n) is 1.43. The number of aliphatic hydroxyl groups is 1. The van der Waals surface area contributed by atoms with E-state index in [1.54, 1.807) is 0 Å². The number of nitrogens with two attached hydrogens (primary N) is 1. The molecule has 0 spiro atoms. The molecule has 11 nitrogen and oxygen atoms in total. The molecule has 108 valence electrons. The van der Waals surface area contributed by atoms with Crippen molar-refractivity contribution in [3.63, 3.8) is 0 Å². The van der Waals surface area contributed by atoms with Gasteiger partial charge < -0.3 is 35.4 Å². The van der Waals surface area contributed by atoms with Crippen molar-refractivity contribution < 1.29 is 38.2 Å². The molecule has 0 aliphatic heterocycles. The molecule has 14 heteroatoms. The van der Waals surface area contributed by atoms with Gasteiger partial charge in [-0.05, 0) is 0 Å². The summed E-state index contributed by atoms with van der Waals surface area (Å²) in [6.45, 7) is -0.706. The van der Waals surface area contributed by atoms with Crippen LogP contribution in [0, 0.1) is 5.41 Å². The predicted molar refractivity (Wildman–Crippen MR) is 65.9 cm³/mol. The monoisotopic (exact) mass is 345 g/mol. The summed E-state index contributed by atoms with van der Waals surface area (Å²) in [5.74, 6) is -4.31. The zero-order valence-corrected chi connectivity index (χ0v) is 10.7. The molecule has 2 atom stereocenters. The summed E-state index contributed by atoms with van der Waals surface area (Å²) in [5, 5.41) is 17.7. The zero-order valence-electron chi connectivity index (χ0n) is 8.89. The van der Waals surface area contributed by atoms with Gasteiger partial charge in [0.05, 0.1) is 6.16 Å². The van der Waals surface area contributed by atoms with Crippen LogP contribution in [-0.4, -0.2) is 102 Å². The SMILES string of the molecule is N=C(N)NCC(=O)OP(=O)(O)C(O)CP(=O)(O)O.[KH]. The van der Waals surface area contributed by atoms with Crippen molar-refractivity contribution >= 4 is 78.5 Å². The molecule has 0 saturated carbocycles. The third kappa shape index (κ3) is 11.1. The van der Waals surface area contributed by atoms with E-state index in [9.17, 15) is 13.9 Å². The normalized spacial score (nSPS) is 15.6. The summed E-state index contributed by atoms with van der Waals surface area (Å²) in [5.41, 5.74) is 4.83. The molecule has 0 bridgehead atoms. The van der Waals surface area contributed by atoms with Crippen molar-refractivity contribution in [3.8, 4) is 0 Å². The second kappa shape index (κ2) is 8.85. The third-order valence-corrected chi connectivity index (χ3v) is 3.94. The fourth-order valence-electron chi connectivity index (χ4n) is 0.722. The summed E-state index contributed by atoms with van der Waals surface area (Å²) < 4.78 is 25.7. The second-order valence-corrected chi connectivity index (χ2v) is 6.72. The molecule has 2 unspecified atom stereocenters. The Balaban J connectivity index is 0. The maximum absolute atomic E-state index is 11.3. The molecular formula is C5H14KN3O8P2. The number of carbonyl (C=O) groups excluding carboxylic acids is 1. The molecule has 0 aromatic carbocycles. The topological polar surface area (TPSA) is 203 Å². The number of hydrogen-bond donors (Lipinski definition) is 7. The van der Waals surface area contributed by atoms with Gasteiger partial charge in [-0.25, -0.2) is 9.36 Å². The molecule has 0 aromatic heterocycles. The van der Waals surface area contributed by atoms with Crippen molar-refractivity contribution in [2.24, 2.45) is 5.73 Å². The summed E-state index contributed by atoms with van der Waals surface area (Å²) >= 11 is 0. The fourth-order valence-corrected chi connectivity index (χ4v) is 3.09. The zero-order chi connectivity index (χ0) is 14.6. The molecule has 0 saturated heterocycles. The summed E-state index contributed by atoms with van der Waals surface area (Å²) in [4.78, 5) is 37.0. The van der Waals surface area contributed by atoms with E-state index in [0.29, 0.717) is 0 Å². The van der Waals surface area contributed by atoms with E-state index in [1.807, 2.05) is 5.32 Å². The van der Waals surface area contributed by atoms with Gasteiger partial charge in [0, 0.05) is 0 Å². The van der Waals surface area contributed by atoms with E-state index in [2.05, 4.69) is 4.52 Å². The first-order valence-electron chi connectivity index (χ1n) is 4.29. The second-order valence-electron chi connectivity index (χ2n) is 3.12. The van der Waals surface area contributed by atoms with Crippen molar-refractivity contribution in [1.82, 2.24) is 5.32 Å². The molecule has 0 radical (unpaired) electrons. The molecule has 8 N–H and O–H groups in total. The first kappa shape index (κ1) is 22.0. The molecule has 0 aliphatic carbocycles. The van der Waals surface area contributed by atoms with Crippen molar-refractivity contribution in [2.45, 2.75) is 5.85 Å². The van der Waals surface area contributed by atoms with Gasteiger partial charge in [-0.2, -0.15) is 0 Å². The minimum atomic E-state index is -4.93. The van der Waals surface area contributed by atoms with Crippen molar-refractivity contribution in [2.75, 3.05) is 12.7 Å². The van der Waals surface area contributed by atoms with Crippen molar-refractivity contribution in [1.29, 1.82) is 5.41 Å². The number of rotatable bonds is 6. The Hall–Kier alpha value is 0.676. The Morgan fingerprint density at radius 1 is 1.37 bits per heavy atom. The van der Waals surface area contributed by atoms with Gasteiger partial charge in [0.2, 0.25) is 0 Å². The molecule has 19 heavy (non-hydrogen) atoms. The van der Waals surface area contributed by atoms with Gasteiger partial charge in [-0.15, -0.1) is 0 Å². The van der Waals surface area contributed by atoms with E-state index in [4.69, 9.17) is 30.9 Å². The maximum atomic E-state index is 11.3. The molecule has 0 rings (SSSR count). The molecule has 0 aliphatic rings. The van der Waals surface area contributed by atoms with Gasteiger partial charge in [0.15, 0.2) is 11.8 Å². The molecule has 0 aromatic rings. The number of hydrogen-bond acceptors (Lipinski definition) is 6. The van der Waals surface area contributed by atoms with Crippen LogP contribution in [0.3, 0.4) is 0 Å². The molecule has 0 heterocycles. The van der Waals surface area contributed by atoms with Gasteiger partial charge in [-0.3, -0.25) is 9.97 Å². The van der Waals surface area contributed by atoms with Crippen LogP contribution in [0.15, 0.2) is 0 Å². The number of aliphatic hydroxyl groups excluding tert-OH is 1. The number of nitrogens with one attached hydrogen (secondary N) is 2. The average Bonchev–Trinajstić information content (AvgIpc) is 2.11. The van der Waals surface area contributed by atoms with E-state index < -0.39 is 45.7 Å². The van der Waals surface area contributed by atoms with E-state index in [-0.39, 0.29) is 51.4 Å². The number of carbonyl (C=O) groups is 1. The van der Waals surface area contributed by atoms with Crippen molar-refractivity contribution in [3.05, 3.63) is 0 Å². The molecular weight excluding hydrogens is 331 g/mol. The first-order valence-corrected chi connectivity index (χ1v) is 7.74. The van der Waals surface area contributed by atoms with Crippen LogP contribution < -0.4 is 11.1 Å².